The molecule has 2 nitrogen and oxygen atoms in total. The van der Waals surface area contributed by atoms with Crippen LogP contribution in [0.3, 0.4) is 0 Å². The van der Waals surface area contributed by atoms with Gasteiger partial charge in [-0.05, 0) is 19.3 Å². The first-order valence-corrected chi connectivity index (χ1v) is 4.28. The summed E-state index contributed by atoms with van der Waals surface area (Å²) in [7, 11) is 0. The third-order valence-corrected chi connectivity index (χ3v) is 2.05. The van der Waals surface area contributed by atoms with E-state index in [1.165, 1.54) is 6.42 Å². The van der Waals surface area contributed by atoms with Crippen LogP contribution in [-0.2, 0) is 4.74 Å². The molecule has 1 heterocycles. The number of nitrogens with two attached hydrogens (primary N) is 1. The molecule has 0 radical (unpaired) electrons. The van der Waals surface area contributed by atoms with Crippen molar-refractivity contribution >= 4 is 12.4 Å². The zero-order chi connectivity index (χ0) is 8.10. The molecule has 1 fully saturated rings. The molecule has 0 amide bonds. The lowest BCUT2D eigenvalue weighted by Gasteiger charge is -2.23. The van der Waals surface area contributed by atoms with Gasteiger partial charge in [0, 0.05) is 19.6 Å². The summed E-state index contributed by atoms with van der Waals surface area (Å²) in [5.41, 5.74) is 5.16. The summed E-state index contributed by atoms with van der Waals surface area (Å²) in [6.45, 7) is 0.918. The van der Waals surface area contributed by atoms with Gasteiger partial charge in [-0.2, -0.15) is 0 Å². The van der Waals surface area contributed by atoms with Crippen molar-refractivity contribution in [1.82, 2.24) is 0 Å². The zero-order valence-electron chi connectivity index (χ0n) is 7.17. The SMILES string of the molecule is Cl.NCC(F)CC1CCCCO1. The Morgan fingerprint density at radius 3 is 2.75 bits per heavy atom. The number of halogens is 2. The van der Waals surface area contributed by atoms with Crippen molar-refractivity contribution < 1.29 is 9.13 Å². The van der Waals surface area contributed by atoms with Gasteiger partial charge in [0.25, 0.3) is 0 Å². The maximum absolute atomic E-state index is 12.7. The highest BCUT2D eigenvalue weighted by molar-refractivity contribution is 5.85. The Hall–Kier alpha value is 0.140. The Morgan fingerprint density at radius 2 is 2.25 bits per heavy atom. The molecule has 1 saturated heterocycles. The highest BCUT2D eigenvalue weighted by Gasteiger charge is 2.17. The van der Waals surface area contributed by atoms with E-state index in [9.17, 15) is 4.39 Å². The van der Waals surface area contributed by atoms with Gasteiger partial charge in [-0.3, -0.25) is 0 Å². The first-order chi connectivity index (χ1) is 5.33. The lowest BCUT2D eigenvalue weighted by atomic mass is 10.0. The van der Waals surface area contributed by atoms with E-state index in [-0.39, 0.29) is 25.1 Å². The van der Waals surface area contributed by atoms with Gasteiger partial charge in [0.05, 0.1) is 6.10 Å². The van der Waals surface area contributed by atoms with E-state index in [4.69, 9.17) is 10.5 Å². The molecule has 4 heteroatoms. The minimum atomic E-state index is -0.877. The molecule has 74 valence electrons. The van der Waals surface area contributed by atoms with Crippen molar-refractivity contribution in [1.29, 1.82) is 0 Å². The predicted molar refractivity (Wildman–Crippen MR) is 49.4 cm³/mol. The number of ether oxygens (including phenoxy) is 1. The minimum absolute atomic E-state index is 0. The van der Waals surface area contributed by atoms with Crippen LogP contribution in [-0.4, -0.2) is 25.4 Å². The van der Waals surface area contributed by atoms with Crippen molar-refractivity contribution in [3.63, 3.8) is 0 Å². The minimum Gasteiger partial charge on any atom is -0.378 e. The molecule has 12 heavy (non-hydrogen) atoms. The third kappa shape index (κ3) is 4.24. The molecular weight excluding hydrogens is 181 g/mol. The van der Waals surface area contributed by atoms with Gasteiger partial charge in [-0.15, -0.1) is 12.4 Å². The third-order valence-electron chi connectivity index (χ3n) is 2.05. The van der Waals surface area contributed by atoms with Crippen molar-refractivity contribution in [2.45, 2.75) is 38.0 Å². The van der Waals surface area contributed by atoms with Crippen LogP contribution in [0.25, 0.3) is 0 Å². The maximum atomic E-state index is 12.7. The van der Waals surface area contributed by atoms with Gasteiger partial charge in [-0.1, -0.05) is 0 Å². The maximum Gasteiger partial charge on any atom is 0.115 e. The summed E-state index contributed by atoms with van der Waals surface area (Å²) in [5.74, 6) is 0. The number of alkyl halides is 1. The molecule has 0 aromatic rings. The number of hydrogen-bond acceptors (Lipinski definition) is 2. The average Bonchev–Trinajstić information content (AvgIpc) is 2.06. The average molecular weight is 198 g/mol. The number of rotatable bonds is 3. The Bertz CT molecular complexity index is 109. The Morgan fingerprint density at radius 1 is 1.50 bits per heavy atom. The monoisotopic (exact) mass is 197 g/mol. The second kappa shape index (κ2) is 6.63. The van der Waals surface area contributed by atoms with E-state index in [0.29, 0.717) is 6.42 Å². The van der Waals surface area contributed by atoms with Gasteiger partial charge < -0.3 is 10.5 Å². The predicted octanol–water partition coefficient (Wildman–Crippen LogP) is 1.66. The summed E-state index contributed by atoms with van der Waals surface area (Å²) in [4.78, 5) is 0. The lowest BCUT2D eigenvalue weighted by Crippen LogP contribution is -2.26. The van der Waals surface area contributed by atoms with E-state index < -0.39 is 6.17 Å². The normalized spacial score (nSPS) is 26.0. The topological polar surface area (TPSA) is 35.2 Å². The zero-order valence-corrected chi connectivity index (χ0v) is 7.99. The Labute approximate surface area is 79.1 Å². The summed E-state index contributed by atoms with van der Waals surface area (Å²) < 4.78 is 18.1. The van der Waals surface area contributed by atoms with Crippen LogP contribution in [0.4, 0.5) is 4.39 Å². The first kappa shape index (κ1) is 12.1. The van der Waals surface area contributed by atoms with Gasteiger partial charge in [0.2, 0.25) is 0 Å². The van der Waals surface area contributed by atoms with Crippen LogP contribution in [0.1, 0.15) is 25.7 Å². The van der Waals surface area contributed by atoms with Crippen LogP contribution in [0.2, 0.25) is 0 Å². The van der Waals surface area contributed by atoms with E-state index in [2.05, 4.69) is 0 Å². The summed E-state index contributed by atoms with van der Waals surface area (Å²) in [5, 5.41) is 0. The van der Waals surface area contributed by atoms with Gasteiger partial charge in [-0.25, -0.2) is 4.39 Å². The largest absolute Gasteiger partial charge is 0.378 e. The van der Waals surface area contributed by atoms with Crippen LogP contribution in [0.5, 0.6) is 0 Å². The van der Waals surface area contributed by atoms with E-state index >= 15 is 0 Å². The Balaban J connectivity index is 0.00000121. The molecule has 0 bridgehead atoms. The fourth-order valence-corrected chi connectivity index (χ4v) is 1.37. The molecule has 0 aliphatic carbocycles. The molecule has 1 aliphatic rings. The van der Waals surface area contributed by atoms with Crippen molar-refractivity contribution in [3.05, 3.63) is 0 Å². The van der Waals surface area contributed by atoms with Crippen LogP contribution in [0.15, 0.2) is 0 Å². The van der Waals surface area contributed by atoms with Crippen molar-refractivity contribution in [2.75, 3.05) is 13.2 Å². The number of hydrogen-bond donors (Lipinski definition) is 1. The quantitative estimate of drug-likeness (QED) is 0.747. The first-order valence-electron chi connectivity index (χ1n) is 4.28. The smallest absolute Gasteiger partial charge is 0.115 e. The molecular formula is C8H17ClFNO. The fraction of sp³-hybridized carbons (Fsp3) is 1.00. The molecule has 0 aromatic heterocycles. The molecule has 2 unspecified atom stereocenters. The fourth-order valence-electron chi connectivity index (χ4n) is 1.37. The molecule has 2 atom stereocenters. The van der Waals surface area contributed by atoms with Gasteiger partial charge >= 0.3 is 0 Å². The summed E-state index contributed by atoms with van der Waals surface area (Å²) in [6, 6.07) is 0. The molecule has 0 saturated carbocycles. The molecule has 1 aliphatic heterocycles. The van der Waals surface area contributed by atoms with Crippen LogP contribution >= 0.6 is 12.4 Å². The van der Waals surface area contributed by atoms with Gasteiger partial charge in [0.15, 0.2) is 0 Å². The summed E-state index contributed by atoms with van der Waals surface area (Å²) in [6.07, 6.45) is 3.02. The van der Waals surface area contributed by atoms with Gasteiger partial charge in [0.1, 0.15) is 6.17 Å². The van der Waals surface area contributed by atoms with Crippen LogP contribution < -0.4 is 5.73 Å². The van der Waals surface area contributed by atoms with E-state index in [1.807, 2.05) is 0 Å². The standard InChI is InChI=1S/C8H16FNO.ClH/c9-7(6-10)5-8-3-1-2-4-11-8;/h7-8H,1-6,10H2;1H. The molecule has 2 N–H and O–H groups in total. The van der Waals surface area contributed by atoms with Crippen LogP contribution in [0, 0.1) is 0 Å². The molecule has 1 rings (SSSR count). The molecule has 0 spiro atoms. The second-order valence-corrected chi connectivity index (χ2v) is 3.06. The highest BCUT2D eigenvalue weighted by Crippen LogP contribution is 2.17. The lowest BCUT2D eigenvalue weighted by molar-refractivity contribution is -0.00144. The van der Waals surface area contributed by atoms with E-state index in [0.717, 1.165) is 19.4 Å². The Kier molecular flexibility index (Phi) is 6.71. The van der Waals surface area contributed by atoms with Crippen molar-refractivity contribution in [2.24, 2.45) is 5.73 Å². The highest BCUT2D eigenvalue weighted by atomic mass is 35.5. The molecule has 0 aromatic carbocycles. The van der Waals surface area contributed by atoms with Crippen molar-refractivity contribution in [3.8, 4) is 0 Å². The summed E-state index contributed by atoms with van der Waals surface area (Å²) >= 11 is 0. The van der Waals surface area contributed by atoms with E-state index in [1.54, 1.807) is 0 Å². The second-order valence-electron chi connectivity index (χ2n) is 3.06.